The second kappa shape index (κ2) is 11.1. The molecule has 2 aromatic carbocycles. The predicted molar refractivity (Wildman–Crippen MR) is 122 cm³/mol. The number of aryl methyl sites for hydroxylation is 1. The topological polar surface area (TPSA) is 52.8 Å². The van der Waals surface area contributed by atoms with Gasteiger partial charge in [0.05, 0.1) is 23.4 Å². The average Bonchev–Trinajstić information content (AvgIpc) is 3.10. The van der Waals surface area contributed by atoms with Gasteiger partial charge in [0.1, 0.15) is 5.75 Å². The molecule has 5 nitrogen and oxygen atoms in total. The second-order valence-corrected chi connectivity index (χ2v) is 8.16. The van der Waals surface area contributed by atoms with Crippen LogP contribution in [0.15, 0.2) is 47.5 Å². The molecule has 0 spiro atoms. The molecule has 6 heteroatoms. The zero-order chi connectivity index (χ0) is 21.3. The molecule has 1 aromatic heterocycles. The molecule has 0 saturated carbocycles. The Morgan fingerprint density at radius 3 is 2.60 bits per heavy atom. The van der Waals surface area contributed by atoms with Crippen molar-refractivity contribution in [3.05, 3.63) is 58.4 Å². The number of para-hydroxylation sites is 1. The van der Waals surface area contributed by atoms with Gasteiger partial charge in [-0.3, -0.25) is 4.79 Å². The van der Waals surface area contributed by atoms with Gasteiger partial charge in [0, 0.05) is 18.7 Å². The fourth-order valence-electron chi connectivity index (χ4n) is 3.29. The lowest BCUT2D eigenvalue weighted by Crippen LogP contribution is -2.20. The van der Waals surface area contributed by atoms with E-state index >= 15 is 0 Å². The summed E-state index contributed by atoms with van der Waals surface area (Å²) in [6.07, 6.45) is 3.37. The molecule has 0 radical (unpaired) electrons. The van der Waals surface area contributed by atoms with Crippen LogP contribution in [0.2, 0.25) is 0 Å². The van der Waals surface area contributed by atoms with E-state index in [4.69, 9.17) is 9.47 Å². The Kier molecular flexibility index (Phi) is 8.22. The third-order valence-electron chi connectivity index (χ3n) is 4.88. The van der Waals surface area contributed by atoms with Crippen molar-refractivity contribution in [1.82, 2.24) is 4.57 Å². The van der Waals surface area contributed by atoms with Gasteiger partial charge in [-0.05, 0) is 56.2 Å². The van der Waals surface area contributed by atoms with Gasteiger partial charge in [-0.25, -0.2) is 0 Å². The van der Waals surface area contributed by atoms with Gasteiger partial charge < -0.3 is 14.0 Å². The summed E-state index contributed by atoms with van der Waals surface area (Å²) in [7, 11) is 0. The maximum atomic E-state index is 12.8. The summed E-state index contributed by atoms with van der Waals surface area (Å²) in [4.78, 5) is 18.0. The lowest BCUT2D eigenvalue weighted by atomic mass is 10.2. The number of hydrogen-bond acceptors (Lipinski definition) is 4. The number of nitrogens with zero attached hydrogens (tertiary/aromatic N) is 2. The highest BCUT2D eigenvalue weighted by Gasteiger charge is 2.11. The molecule has 0 saturated heterocycles. The third-order valence-corrected chi connectivity index (χ3v) is 5.92. The number of unbranched alkanes of at least 4 members (excludes halogenated alkanes) is 2. The largest absolute Gasteiger partial charge is 0.494 e. The Morgan fingerprint density at radius 2 is 1.87 bits per heavy atom. The van der Waals surface area contributed by atoms with E-state index in [-0.39, 0.29) is 5.91 Å². The quantitative estimate of drug-likeness (QED) is 0.410. The van der Waals surface area contributed by atoms with Gasteiger partial charge in [-0.1, -0.05) is 43.2 Å². The van der Waals surface area contributed by atoms with Gasteiger partial charge in [-0.15, -0.1) is 0 Å². The highest BCUT2D eigenvalue weighted by atomic mass is 32.1. The van der Waals surface area contributed by atoms with Crippen LogP contribution >= 0.6 is 11.3 Å². The fraction of sp³-hybridized carbons (Fsp3) is 0.417. The first kappa shape index (κ1) is 22.2. The molecule has 1 amide bonds. The fourth-order valence-corrected chi connectivity index (χ4v) is 4.42. The first-order chi connectivity index (χ1) is 14.6. The molecule has 160 valence electrons. The number of carbonyl (C=O) groups is 1. The molecule has 0 aliphatic rings. The van der Waals surface area contributed by atoms with Crippen LogP contribution < -0.4 is 9.54 Å². The molecule has 0 N–H and O–H groups in total. The highest BCUT2D eigenvalue weighted by Crippen LogP contribution is 2.21. The number of hydrogen-bond donors (Lipinski definition) is 0. The molecule has 1 heterocycles. The molecule has 0 bridgehead atoms. The summed E-state index contributed by atoms with van der Waals surface area (Å²) in [5, 5.41) is 0. The minimum absolute atomic E-state index is 0.248. The first-order valence-corrected chi connectivity index (χ1v) is 11.4. The molecular weight excluding hydrogens is 396 g/mol. The van der Waals surface area contributed by atoms with Gasteiger partial charge in [0.2, 0.25) is 0 Å². The van der Waals surface area contributed by atoms with Crippen LogP contribution in [-0.2, 0) is 11.3 Å². The van der Waals surface area contributed by atoms with Crippen molar-refractivity contribution < 1.29 is 14.3 Å². The molecule has 3 aromatic rings. The monoisotopic (exact) mass is 426 g/mol. The number of aromatic nitrogens is 1. The van der Waals surface area contributed by atoms with E-state index in [0.29, 0.717) is 36.7 Å². The summed E-state index contributed by atoms with van der Waals surface area (Å²) in [5.74, 6) is 0.536. The maximum Gasteiger partial charge on any atom is 0.279 e. The SMILES string of the molecule is CCCCCOc1ccc(C(=O)N=c2sc3cccc(C)c3n2CCOCC)cc1. The molecule has 0 atom stereocenters. The zero-order valence-corrected chi connectivity index (χ0v) is 18.8. The normalized spacial score (nSPS) is 11.9. The lowest BCUT2D eigenvalue weighted by Gasteiger charge is -2.07. The van der Waals surface area contributed by atoms with Crippen LogP contribution in [0.3, 0.4) is 0 Å². The van der Waals surface area contributed by atoms with Gasteiger partial charge in [0.25, 0.3) is 5.91 Å². The predicted octanol–water partition coefficient (Wildman–Crippen LogP) is 5.36. The van der Waals surface area contributed by atoms with Gasteiger partial charge in [0.15, 0.2) is 4.80 Å². The van der Waals surface area contributed by atoms with Crippen molar-refractivity contribution >= 4 is 27.5 Å². The Labute approximate surface area is 182 Å². The second-order valence-electron chi connectivity index (χ2n) is 7.15. The van der Waals surface area contributed by atoms with E-state index in [1.54, 1.807) is 12.1 Å². The van der Waals surface area contributed by atoms with Crippen molar-refractivity contribution in [2.75, 3.05) is 19.8 Å². The summed E-state index contributed by atoms with van der Waals surface area (Å²) >= 11 is 1.53. The zero-order valence-electron chi connectivity index (χ0n) is 18.0. The number of benzene rings is 2. The van der Waals surface area contributed by atoms with Crippen molar-refractivity contribution in [3.63, 3.8) is 0 Å². The number of fused-ring (bicyclic) bond motifs is 1. The lowest BCUT2D eigenvalue weighted by molar-refractivity contribution is 0.0996. The molecule has 3 rings (SSSR count). The van der Waals surface area contributed by atoms with Crippen molar-refractivity contribution in [1.29, 1.82) is 0 Å². The highest BCUT2D eigenvalue weighted by molar-refractivity contribution is 7.16. The van der Waals surface area contributed by atoms with Gasteiger partial charge in [-0.2, -0.15) is 4.99 Å². The summed E-state index contributed by atoms with van der Waals surface area (Å²) in [6.45, 7) is 8.84. The molecule has 0 aliphatic carbocycles. The Morgan fingerprint density at radius 1 is 1.07 bits per heavy atom. The maximum absolute atomic E-state index is 12.8. The van der Waals surface area contributed by atoms with Crippen molar-refractivity contribution in [2.45, 2.75) is 46.6 Å². The van der Waals surface area contributed by atoms with Crippen LogP contribution in [-0.4, -0.2) is 30.3 Å². The van der Waals surface area contributed by atoms with Crippen LogP contribution in [0.25, 0.3) is 10.2 Å². The average molecular weight is 427 g/mol. The standard InChI is InChI=1S/C24H30N2O3S/c1-4-6-7-16-29-20-13-11-19(12-14-20)23(27)25-24-26(15-17-28-5-2)22-18(3)9-8-10-21(22)30-24/h8-14H,4-7,15-17H2,1-3H3. The Balaban J connectivity index is 1.84. The number of amides is 1. The van der Waals surface area contributed by atoms with Crippen LogP contribution in [0.5, 0.6) is 5.75 Å². The Bertz CT molecular complexity index is 1030. The summed E-state index contributed by atoms with van der Waals surface area (Å²) in [6, 6.07) is 13.4. The van der Waals surface area contributed by atoms with E-state index in [2.05, 4.69) is 35.5 Å². The molecule has 30 heavy (non-hydrogen) atoms. The van der Waals surface area contributed by atoms with Crippen LogP contribution in [0.1, 0.15) is 49.0 Å². The van der Waals surface area contributed by atoms with E-state index < -0.39 is 0 Å². The molecule has 0 unspecified atom stereocenters. The minimum atomic E-state index is -0.248. The van der Waals surface area contributed by atoms with E-state index in [1.807, 2.05) is 25.1 Å². The first-order valence-electron chi connectivity index (χ1n) is 10.6. The van der Waals surface area contributed by atoms with Gasteiger partial charge >= 0.3 is 0 Å². The van der Waals surface area contributed by atoms with Crippen LogP contribution in [0, 0.1) is 6.92 Å². The molecule has 0 fully saturated rings. The summed E-state index contributed by atoms with van der Waals surface area (Å²) in [5.41, 5.74) is 2.84. The third kappa shape index (κ3) is 5.58. The smallest absolute Gasteiger partial charge is 0.279 e. The van der Waals surface area contributed by atoms with E-state index in [0.717, 1.165) is 28.8 Å². The Hall–Kier alpha value is -2.44. The van der Waals surface area contributed by atoms with E-state index in [1.165, 1.54) is 23.3 Å². The molecular formula is C24H30N2O3S. The van der Waals surface area contributed by atoms with E-state index in [9.17, 15) is 4.79 Å². The van der Waals surface area contributed by atoms with Crippen LogP contribution in [0.4, 0.5) is 0 Å². The van der Waals surface area contributed by atoms with Crippen molar-refractivity contribution in [2.24, 2.45) is 4.99 Å². The summed E-state index contributed by atoms with van der Waals surface area (Å²) < 4.78 is 14.5. The molecule has 0 aliphatic heterocycles. The number of ether oxygens (including phenoxy) is 2. The number of carbonyl (C=O) groups excluding carboxylic acids is 1. The number of rotatable bonds is 10. The van der Waals surface area contributed by atoms with Crippen molar-refractivity contribution in [3.8, 4) is 5.75 Å². The number of thiazole rings is 1. The minimum Gasteiger partial charge on any atom is -0.494 e.